The molecule has 4 nitrogen and oxygen atoms in total. The molecule has 0 spiro atoms. The molecule has 33 heavy (non-hydrogen) atoms. The molecule has 0 aliphatic heterocycles. The maximum Gasteiger partial charge on any atom is 0.324 e. The van der Waals surface area contributed by atoms with E-state index < -0.39 is 0 Å². The third-order valence-corrected chi connectivity index (χ3v) is 7.85. The second-order valence-electron chi connectivity index (χ2n) is 10.8. The lowest BCUT2D eigenvalue weighted by Gasteiger charge is -2.34. The molecule has 0 aromatic rings. The molecule has 4 heteroatoms. The van der Waals surface area contributed by atoms with Gasteiger partial charge in [0.1, 0.15) is 0 Å². The number of carbonyl (C=O) groups is 2. The van der Waals surface area contributed by atoms with E-state index in [-0.39, 0.29) is 24.0 Å². The van der Waals surface area contributed by atoms with Crippen molar-refractivity contribution < 1.29 is 9.59 Å². The monoisotopic (exact) mass is 462 g/mol. The van der Waals surface area contributed by atoms with Crippen LogP contribution in [-0.4, -0.2) is 28.9 Å². The van der Waals surface area contributed by atoms with Crippen LogP contribution in [0.1, 0.15) is 161 Å². The van der Waals surface area contributed by atoms with E-state index in [1.807, 2.05) is 0 Å². The quantitative estimate of drug-likeness (QED) is 0.233. The average molecular weight is 463 g/mol. The largest absolute Gasteiger partial charge is 0.335 e. The molecule has 2 fully saturated rings. The van der Waals surface area contributed by atoms with E-state index >= 15 is 0 Å². The van der Waals surface area contributed by atoms with Crippen LogP contribution in [-0.2, 0) is 4.79 Å². The molecule has 0 atom stereocenters. The highest BCUT2D eigenvalue weighted by molar-refractivity contribution is 5.95. The molecule has 2 aliphatic rings. The van der Waals surface area contributed by atoms with Gasteiger partial charge in [-0.15, -0.1) is 0 Å². The summed E-state index contributed by atoms with van der Waals surface area (Å²) in [4.78, 5) is 27.8. The van der Waals surface area contributed by atoms with Crippen LogP contribution in [0.15, 0.2) is 0 Å². The van der Waals surface area contributed by atoms with Crippen LogP contribution >= 0.6 is 0 Å². The number of imide groups is 1. The van der Waals surface area contributed by atoms with Gasteiger partial charge in [-0.3, -0.25) is 9.69 Å². The zero-order chi connectivity index (χ0) is 23.6. The van der Waals surface area contributed by atoms with Crippen molar-refractivity contribution in [2.24, 2.45) is 0 Å². The van der Waals surface area contributed by atoms with E-state index in [0.29, 0.717) is 6.42 Å². The predicted octanol–water partition coefficient (Wildman–Crippen LogP) is 8.67. The molecule has 2 saturated carbocycles. The maximum atomic E-state index is 13.1. The molecule has 0 heterocycles. The molecule has 192 valence electrons. The first kappa shape index (κ1) is 28.2. The maximum absolute atomic E-state index is 13.1. The summed E-state index contributed by atoms with van der Waals surface area (Å²) >= 11 is 0. The molecule has 1 N–H and O–H groups in total. The van der Waals surface area contributed by atoms with Crippen LogP contribution in [0, 0.1) is 0 Å². The Balaban J connectivity index is 1.59. The normalized spacial score (nSPS) is 17.7. The summed E-state index contributed by atoms with van der Waals surface area (Å²) in [6.07, 6.45) is 28.8. The fourth-order valence-electron chi connectivity index (χ4n) is 5.73. The Morgan fingerprint density at radius 3 is 1.61 bits per heavy atom. The summed E-state index contributed by atoms with van der Waals surface area (Å²) in [5, 5.41) is 3.21. The lowest BCUT2D eigenvalue weighted by molar-refractivity contribution is -0.130. The molecule has 2 aliphatic carbocycles. The van der Waals surface area contributed by atoms with Gasteiger partial charge in [0.2, 0.25) is 5.91 Å². The second kappa shape index (κ2) is 18.3. The molecule has 0 radical (unpaired) electrons. The Labute approximate surface area is 205 Å². The molecule has 0 aromatic heterocycles. The first-order valence-electron chi connectivity index (χ1n) is 14.8. The van der Waals surface area contributed by atoms with Crippen molar-refractivity contribution in [3.63, 3.8) is 0 Å². The molecule has 0 unspecified atom stereocenters. The number of rotatable bonds is 16. The fourth-order valence-corrected chi connectivity index (χ4v) is 5.73. The van der Waals surface area contributed by atoms with E-state index in [4.69, 9.17) is 0 Å². The van der Waals surface area contributed by atoms with Gasteiger partial charge in [0.15, 0.2) is 0 Å². The Morgan fingerprint density at radius 2 is 1.09 bits per heavy atom. The Bertz CT molecular complexity index is 510. The standard InChI is InChI=1S/C29H54N2O2/c1-2-3-4-5-6-7-8-9-10-11-12-13-20-25-28(32)31(27-23-18-15-19-24-27)29(33)30-26-21-16-14-17-22-26/h26-27H,2-25H2,1H3,(H,30,33). The van der Waals surface area contributed by atoms with Gasteiger partial charge >= 0.3 is 6.03 Å². The summed E-state index contributed by atoms with van der Waals surface area (Å²) in [6, 6.07) is 0.284. The van der Waals surface area contributed by atoms with E-state index in [0.717, 1.165) is 51.4 Å². The van der Waals surface area contributed by atoms with Crippen LogP contribution in [0.3, 0.4) is 0 Å². The number of hydrogen-bond acceptors (Lipinski definition) is 2. The van der Waals surface area contributed by atoms with E-state index in [1.165, 1.54) is 96.3 Å². The van der Waals surface area contributed by atoms with Gasteiger partial charge in [0.05, 0.1) is 0 Å². The van der Waals surface area contributed by atoms with Crippen LogP contribution in [0.25, 0.3) is 0 Å². The number of hydrogen-bond donors (Lipinski definition) is 1. The number of urea groups is 1. The van der Waals surface area contributed by atoms with E-state index in [2.05, 4.69) is 12.2 Å². The molecule has 3 amide bonds. The topological polar surface area (TPSA) is 49.4 Å². The van der Waals surface area contributed by atoms with Crippen molar-refractivity contribution in [3.8, 4) is 0 Å². The summed E-state index contributed by atoms with van der Waals surface area (Å²) in [6.45, 7) is 2.28. The van der Waals surface area contributed by atoms with Crippen LogP contribution in [0.4, 0.5) is 4.79 Å². The van der Waals surface area contributed by atoms with Gasteiger partial charge in [-0.05, 0) is 32.1 Å². The van der Waals surface area contributed by atoms with Gasteiger partial charge in [0, 0.05) is 18.5 Å². The number of carbonyl (C=O) groups excluding carboxylic acids is 2. The van der Waals surface area contributed by atoms with Crippen molar-refractivity contribution >= 4 is 11.9 Å². The van der Waals surface area contributed by atoms with Crippen molar-refractivity contribution in [1.82, 2.24) is 10.2 Å². The third-order valence-electron chi connectivity index (χ3n) is 7.85. The third kappa shape index (κ3) is 12.3. The zero-order valence-corrected chi connectivity index (χ0v) is 21.9. The van der Waals surface area contributed by atoms with Crippen molar-refractivity contribution in [1.29, 1.82) is 0 Å². The van der Waals surface area contributed by atoms with Crippen LogP contribution in [0.5, 0.6) is 0 Å². The van der Waals surface area contributed by atoms with Crippen molar-refractivity contribution in [2.45, 2.75) is 173 Å². The fraction of sp³-hybridized carbons (Fsp3) is 0.931. The van der Waals surface area contributed by atoms with Gasteiger partial charge in [-0.25, -0.2) is 4.79 Å². The summed E-state index contributed by atoms with van der Waals surface area (Å²) < 4.78 is 0. The van der Waals surface area contributed by atoms with E-state index in [1.54, 1.807) is 4.90 Å². The Morgan fingerprint density at radius 1 is 0.636 bits per heavy atom. The average Bonchev–Trinajstić information content (AvgIpc) is 2.83. The highest BCUT2D eigenvalue weighted by atomic mass is 16.2. The minimum atomic E-state index is -0.103. The first-order chi connectivity index (χ1) is 16.2. The smallest absolute Gasteiger partial charge is 0.324 e. The highest BCUT2D eigenvalue weighted by Gasteiger charge is 2.31. The summed E-state index contributed by atoms with van der Waals surface area (Å²) in [7, 11) is 0. The van der Waals surface area contributed by atoms with E-state index in [9.17, 15) is 9.59 Å². The van der Waals surface area contributed by atoms with Crippen molar-refractivity contribution in [3.05, 3.63) is 0 Å². The minimum Gasteiger partial charge on any atom is -0.335 e. The number of amides is 3. The number of unbranched alkanes of at least 4 members (excludes halogenated alkanes) is 12. The molecule has 0 bridgehead atoms. The summed E-state index contributed by atoms with van der Waals surface area (Å²) in [5.41, 5.74) is 0. The van der Waals surface area contributed by atoms with Crippen LogP contribution < -0.4 is 5.32 Å². The number of nitrogens with zero attached hydrogens (tertiary/aromatic N) is 1. The summed E-state index contributed by atoms with van der Waals surface area (Å²) in [5.74, 6) is 0.0679. The van der Waals surface area contributed by atoms with Gasteiger partial charge in [0.25, 0.3) is 0 Å². The lowest BCUT2D eigenvalue weighted by Crippen LogP contribution is -2.52. The lowest BCUT2D eigenvalue weighted by atomic mass is 9.93. The molecular weight excluding hydrogens is 408 g/mol. The number of nitrogens with one attached hydrogen (secondary N) is 1. The minimum absolute atomic E-state index is 0.0679. The van der Waals surface area contributed by atoms with Crippen LogP contribution in [0.2, 0.25) is 0 Å². The van der Waals surface area contributed by atoms with Crippen molar-refractivity contribution in [2.75, 3.05) is 0 Å². The van der Waals surface area contributed by atoms with Gasteiger partial charge in [-0.2, -0.15) is 0 Å². The predicted molar refractivity (Wildman–Crippen MR) is 139 cm³/mol. The Kier molecular flexibility index (Phi) is 15.6. The molecular formula is C29H54N2O2. The first-order valence-corrected chi connectivity index (χ1v) is 14.8. The zero-order valence-electron chi connectivity index (χ0n) is 21.9. The Hall–Kier alpha value is -1.06. The SMILES string of the molecule is CCCCCCCCCCCCCCCC(=O)N(C(=O)NC1CCCCC1)C1CCCCC1. The second-order valence-corrected chi connectivity index (χ2v) is 10.8. The molecule has 0 saturated heterocycles. The molecule has 0 aromatic carbocycles. The van der Waals surface area contributed by atoms with Gasteiger partial charge < -0.3 is 5.32 Å². The van der Waals surface area contributed by atoms with Gasteiger partial charge in [-0.1, -0.05) is 122 Å². The molecule has 2 rings (SSSR count). The highest BCUT2D eigenvalue weighted by Crippen LogP contribution is 2.25.